The van der Waals surface area contributed by atoms with Gasteiger partial charge in [0.2, 0.25) is 0 Å². The average Bonchev–Trinajstić information content (AvgIpc) is 2.73. The molecular weight excluding hydrogens is 394 g/mol. The molecule has 0 saturated heterocycles. The Hall–Kier alpha value is -1.02. The Morgan fingerprint density at radius 1 is 1.06 bits per heavy atom. The first-order chi connectivity index (χ1) is 7.84. The summed E-state index contributed by atoms with van der Waals surface area (Å²) in [5, 5.41) is 1.31. The molecule has 0 unspecified atom stereocenters. The number of hydrogen-bond donors (Lipinski definition) is 0. The van der Waals surface area contributed by atoms with E-state index >= 15 is 0 Å². The summed E-state index contributed by atoms with van der Waals surface area (Å²) in [5.74, 6) is 0. The van der Waals surface area contributed by atoms with E-state index in [1.54, 1.807) is 0 Å². The van der Waals surface area contributed by atoms with Crippen LogP contribution >= 0.6 is 11.3 Å². The molecule has 0 aliphatic carbocycles. The van der Waals surface area contributed by atoms with Crippen LogP contribution in [0.4, 0.5) is 0 Å². The van der Waals surface area contributed by atoms with Crippen molar-refractivity contribution in [2.24, 2.45) is 0 Å². The van der Waals surface area contributed by atoms with Crippen molar-refractivity contribution in [2.45, 2.75) is 0 Å². The van der Waals surface area contributed by atoms with Crippen molar-refractivity contribution in [2.75, 3.05) is 0 Å². The summed E-state index contributed by atoms with van der Waals surface area (Å²) >= 11 is 3.88. The van der Waals surface area contributed by atoms with Crippen molar-refractivity contribution in [1.29, 1.82) is 0 Å². The van der Waals surface area contributed by atoms with E-state index in [1.165, 1.54) is 20.5 Å². The second kappa shape index (κ2) is 4.10. The molecule has 0 atom stereocenters. The number of aromatic nitrogens is 1. The summed E-state index contributed by atoms with van der Waals surface area (Å²) in [4.78, 5) is 5.63. The van der Waals surface area contributed by atoms with Gasteiger partial charge in [0.05, 0.1) is 0 Å². The molecule has 0 aliphatic rings. The number of pyridine rings is 1. The zero-order valence-corrected chi connectivity index (χ0v) is 11.5. The second-order valence-electron chi connectivity index (χ2n) is 3.47. The third-order valence-corrected chi connectivity index (χ3v) is 4.54. The van der Waals surface area contributed by atoms with Crippen LogP contribution in [-0.2, 0) is 18.9 Å². The van der Waals surface area contributed by atoms with Crippen LogP contribution in [0.25, 0.3) is 20.5 Å². The summed E-state index contributed by atoms with van der Waals surface area (Å²) in [7, 11) is 0. The maximum absolute atomic E-state index is 4.33. The number of hydrogen-bond acceptors (Lipinski definition) is 2. The molecule has 0 fully saturated rings. The SMILES string of the molecule is [Ir][c]1ncccc1-c1cc2ccccc2s1. The Labute approximate surface area is 108 Å². The number of nitrogens with zero attached hydrogens (tertiary/aromatic N) is 1. The minimum atomic E-state index is 1.09. The standard InChI is InChI=1S/C13H8NS.Ir/c1-2-6-12-10(4-1)8-13(15-12)11-5-3-7-14-9-11;/h1-8H;. The third kappa shape index (κ3) is 1.71. The van der Waals surface area contributed by atoms with E-state index in [-0.39, 0.29) is 0 Å². The van der Waals surface area contributed by atoms with E-state index in [0.717, 1.165) is 4.21 Å². The molecule has 2 heterocycles. The summed E-state index contributed by atoms with van der Waals surface area (Å²) < 4.78 is 2.43. The van der Waals surface area contributed by atoms with Gasteiger partial charge in [0.15, 0.2) is 0 Å². The fourth-order valence-corrected chi connectivity index (χ4v) is 3.66. The van der Waals surface area contributed by atoms with E-state index in [0.29, 0.717) is 0 Å². The molecule has 1 nitrogen and oxygen atoms in total. The molecule has 0 bridgehead atoms. The number of benzene rings is 1. The zero-order valence-electron chi connectivity index (χ0n) is 8.31. The molecule has 0 N–H and O–H groups in total. The monoisotopic (exact) mass is 403 g/mol. The van der Waals surface area contributed by atoms with Crippen LogP contribution in [0, 0.1) is 0 Å². The van der Waals surface area contributed by atoms with E-state index in [2.05, 4.69) is 60.3 Å². The van der Waals surface area contributed by atoms with Gasteiger partial charge in [-0.2, -0.15) is 0 Å². The Kier molecular flexibility index (Phi) is 2.60. The van der Waals surface area contributed by atoms with Gasteiger partial charge in [-0.05, 0) is 0 Å². The molecule has 0 aliphatic heterocycles. The molecule has 80 valence electrons. The van der Waals surface area contributed by atoms with Crippen LogP contribution in [0.1, 0.15) is 0 Å². The van der Waals surface area contributed by atoms with Gasteiger partial charge in [-0.1, -0.05) is 0 Å². The first-order valence-electron chi connectivity index (χ1n) is 4.92. The predicted octanol–water partition coefficient (Wildman–Crippen LogP) is 3.14. The van der Waals surface area contributed by atoms with Crippen molar-refractivity contribution in [3.63, 3.8) is 0 Å². The summed E-state index contributed by atoms with van der Waals surface area (Å²) in [6.07, 6.45) is 1.84. The Morgan fingerprint density at radius 3 is 2.75 bits per heavy atom. The van der Waals surface area contributed by atoms with Crippen molar-refractivity contribution >= 4 is 25.6 Å². The predicted molar refractivity (Wildman–Crippen MR) is 64.7 cm³/mol. The van der Waals surface area contributed by atoms with Crippen molar-refractivity contribution in [3.8, 4) is 10.4 Å². The van der Waals surface area contributed by atoms with Crippen molar-refractivity contribution in [3.05, 3.63) is 48.7 Å². The van der Waals surface area contributed by atoms with Crippen molar-refractivity contribution < 1.29 is 18.9 Å². The normalized spacial score (nSPS) is 10.9. The van der Waals surface area contributed by atoms with Crippen LogP contribution in [0.15, 0.2) is 48.7 Å². The fourth-order valence-electron chi connectivity index (χ4n) is 1.67. The van der Waals surface area contributed by atoms with Gasteiger partial charge < -0.3 is 0 Å². The molecular formula is C13H8IrNS. The van der Waals surface area contributed by atoms with E-state index < -0.39 is 0 Å². The summed E-state index contributed by atoms with van der Waals surface area (Å²) in [6, 6.07) is 14.8. The Morgan fingerprint density at radius 2 is 1.94 bits per heavy atom. The molecule has 3 rings (SSSR count). The first-order valence-corrected chi connectivity index (χ1v) is 6.93. The zero-order chi connectivity index (χ0) is 11.0. The molecule has 16 heavy (non-hydrogen) atoms. The van der Waals surface area contributed by atoms with E-state index in [9.17, 15) is 0 Å². The molecule has 0 amide bonds. The number of fused-ring (bicyclic) bond motifs is 1. The second-order valence-corrected chi connectivity index (χ2v) is 5.69. The third-order valence-electron chi connectivity index (χ3n) is 2.43. The van der Waals surface area contributed by atoms with Crippen LogP contribution in [-0.4, -0.2) is 4.98 Å². The molecule has 2 aromatic heterocycles. The van der Waals surface area contributed by atoms with Gasteiger partial charge in [-0.3, -0.25) is 0 Å². The Balaban J connectivity index is 2.23. The van der Waals surface area contributed by atoms with Gasteiger partial charge in [-0.25, -0.2) is 0 Å². The van der Waals surface area contributed by atoms with Gasteiger partial charge in [-0.15, -0.1) is 0 Å². The van der Waals surface area contributed by atoms with Gasteiger partial charge in [0, 0.05) is 0 Å². The van der Waals surface area contributed by atoms with Gasteiger partial charge in [0.1, 0.15) is 0 Å². The number of rotatable bonds is 1. The Bertz CT molecular complexity index is 612. The van der Waals surface area contributed by atoms with Crippen LogP contribution in [0.2, 0.25) is 0 Å². The average molecular weight is 402 g/mol. The van der Waals surface area contributed by atoms with E-state index in [4.69, 9.17) is 0 Å². The fraction of sp³-hybridized carbons (Fsp3) is 0. The maximum atomic E-state index is 4.33. The quantitative estimate of drug-likeness (QED) is 0.610. The molecule has 1 aromatic carbocycles. The molecule has 0 saturated carbocycles. The summed E-state index contributed by atoms with van der Waals surface area (Å²) in [6.45, 7) is 0. The van der Waals surface area contributed by atoms with Crippen LogP contribution in [0.5, 0.6) is 0 Å². The molecule has 3 aromatic rings. The molecule has 3 heteroatoms. The van der Waals surface area contributed by atoms with Crippen molar-refractivity contribution in [1.82, 2.24) is 4.98 Å². The number of thiophene rings is 1. The van der Waals surface area contributed by atoms with Crippen LogP contribution in [0.3, 0.4) is 0 Å². The molecule has 0 radical (unpaired) electrons. The van der Waals surface area contributed by atoms with Crippen LogP contribution < -0.4 is 4.21 Å². The minimum absolute atomic E-state index is 1.09. The summed E-state index contributed by atoms with van der Waals surface area (Å²) in [5.41, 5.74) is 1.24. The van der Waals surface area contributed by atoms with E-state index in [1.807, 2.05) is 23.6 Å². The molecule has 0 spiro atoms. The van der Waals surface area contributed by atoms with Gasteiger partial charge in [0.25, 0.3) is 0 Å². The first kappa shape index (κ1) is 10.2. The topological polar surface area (TPSA) is 12.9 Å². The van der Waals surface area contributed by atoms with Gasteiger partial charge >= 0.3 is 109 Å².